The Morgan fingerprint density at radius 2 is 2.27 bits per heavy atom. The third-order valence-electron chi connectivity index (χ3n) is 5.22. The number of carbonyl (C=O) groups excluding carboxylic acids is 1. The van der Waals surface area contributed by atoms with Crippen LogP contribution in [-0.4, -0.2) is 60.9 Å². The third kappa shape index (κ3) is 3.97. The van der Waals surface area contributed by atoms with Crippen LogP contribution >= 0.6 is 0 Å². The van der Waals surface area contributed by atoms with E-state index in [0.717, 1.165) is 0 Å². The Labute approximate surface area is 174 Å². The lowest BCUT2D eigenvalue weighted by molar-refractivity contribution is 0.0950. The average Bonchev–Trinajstić information content (AvgIpc) is 3.44. The number of hydrogen-bond acceptors (Lipinski definition) is 7. The third-order valence-corrected chi connectivity index (χ3v) is 6.97. The predicted octanol–water partition coefficient (Wildman–Crippen LogP) is 2.13. The number of aryl methyl sites for hydroxylation is 1. The molecule has 0 spiro atoms. The Bertz CT molecular complexity index is 1170. The summed E-state index contributed by atoms with van der Waals surface area (Å²) in [6.07, 6.45) is 2.71. The van der Waals surface area contributed by atoms with Crippen LogP contribution in [0.3, 0.4) is 0 Å². The topological polar surface area (TPSA) is 116 Å². The maximum atomic E-state index is 13.0. The minimum atomic E-state index is -3.10. The van der Waals surface area contributed by atoms with Crippen LogP contribution < -0.4 is 5.32 Å². The van der Waals surface area contributed by atoms with Crippen molar-refractivity contribution in [2.24, 2.45) is 0 Å². The van der Waals surface area contributed by atoms with Gasteiger partial charge in [0.15, 0.2) is 21.2 Å². The summed E-state index contributed by atoms with van der Waals surface area (Å²) in [6.45, 7) is 2.83. The molecule has 1 saturated heterocycles. The highest BCUT2D eigenvalue weighted by Crippen LogP contribution is 2.32. The summed E-state index contributed by atoms with van der Waals surface area (Å²) in [7, 11) is -1.48. The highest BCUT2D eigenvalue weighted by Gasteiger charge is 2.32. The van der Waals surface area contributed by atoms with E-state index < -0.39 is 9.84 Å². The second-order valence-corrected chi connectivity index (χ2v) is 9.65. The van der Waals surface area contributed by atoms with Gasteiger partial charge in [0.2, 0.25) is 0 Å². The zero-order valence-corrected chi connectivity index (χ0v) is 17.7. The molecule has 1 aliphatic rings. The summed E-state index contributed by atoms with van der Waals surface area (Å²) >= 11 is 0. The minimum Gasteiger partial charge on any atom is -0.463 e. The quantitative estimate of drug-likeness (QED) is 0.569. The van der Waals surface area contributed by atoms with Crippen molar-refractivity contribution in [1.82, 2.24) is 20.1 Å². The number of sulfone groups is 1. The second kappa shape index (κ2) is 8.19. The van der Waals surface area contributed by atoms with Crippen molar-refractivity contribution in [3.8, 4) is 11.5 Å². The van der Waals surface area contributed by atoms with E-state index in [2.05, 4.69) is 10.4 Å². The molecule has 4 rings (SSSR count). The van der Waals surface area contributed by atoms with Gasteiger partial charge in [-0.2, -0.15) is 5.10 Å². The van der Waals surface area contributed by atoms with E-state index in [0.29, 0.717) is 59.7 Å². The number of carbonyl (C=O) groups is 1. The summed E-state index contributed by atoms with van der Waals surface area (Å²) in [4.78, 5) is 17.7. The number of hydrogen-bond donors (Lipinski definition) is 1. The molecule has 9 nitrogen and oxygen atoms in total. The summed E-state index contributed by atoms with van der Waals surface area (Å²) in [6, 6.07) is 4.90. The zero-order chi connectivity index (χ0) is 21.3. The average molecular weight is 433 g/mol. The molecule has 1 aliphatic heterocycles. The number of fused-ring (bicyclic) bond motifs is 1. The van der Waals surface area contributed by atoms with Crippen LogP contribution in [0.2, 0.25) is 0 Å². The molecule has 30 heavy (non-hydrogen) atoms. The minimum absolute atomic E-state index is 0.0222. The second-order valence-electron chi connectivity index (χ2n) is 7.42. The molecule has 0 radical (unpaired) electrons. The van der Waals surface area contributed by atoms with Crippen LogP contribution in [0.25, 0.3) is 22.5 Å². The molecule has 160 valence electrons. The molecule has 1 atom stereocenters. The van der Waals surface area contributed by atoms with Crippen molar-refractivity contribution >= 4 is 26.8 Å². The van der Waals surface area contributed by atoms with E-state index in [1.165, 1.54) is 6.26 Å². The van der Waals surface area contributed by atoms with Gasteiger partial charge in [0, 0.05) is 20.3 Å². The molecule has 1 amide bonds. The number of nitrogens with one attached hydrogen (secondary N) is 1. The largest absolute Gasteiger partial charge is 0.463 e. The van der Waals surface area contributed by atoms with Gasteiger partial charge in [0.25, 0.3) is 5.91 Å². The number of ether oxygens (including phenoxy) is 1. The molecule has 0 aliphatic carbocycles. The number of furan rings is 1. The molecule has 3 aromatic heterocycles. The molecular formula is C20H24N4O5S. The summed E-state index contributed by atoms with van der Waals surface area (Å²) in [5, 5.41) is 8.10. The molecule has 1 N–H and O–H groups in total. The SMILES string of the molecule is COCCCNC(=O)c1cc(-c2ccco2)nc2c1c(C)nn2[C@H]1CCS(=O)(=O)C1. The van der Waals surface area contributed by atoms with Crippen molar-refractivity contribution in [2.75, 3.05) is 31.8 Å². The Hall–Kier alpha value is -2.72. The number of rotatable bonds is 7. The van der Waals surface area contributed by atoms with Gasteiger partial charge in [-0.1, -0.05) is 0 Å². The highest BCUT2D eigenvalue weighted by molar-refractivity contribution is 7.91. The van der Waals surface area contributed by atoms with Gasteiger partial charge in [-0.05, 0) is 38.0 Å². The number of nitrogens with zero attached hydrogens (tertiary/aromatic N) is 3. The molecule has 3 aromatic rings. The van der Waals surface area contributed by atoms with Crippen LogP contribution in [0.15, 0.2) is 28.9 Å². The van der Waals surface area contributed by atoms with Crippen molar-refractivity contribution in [1.29, 1.82) is 0 Å². The monoisotopic (exact) mass is 432 g/mol. The van der Waals surface area contributed by atoms with Crippen molar-refractivity contribution in [3.63, 3.8) is 0 Å². The lowest BCUT2D eigenvalue weighted by atomic mass is 10.1. The first-order valence-electron chi connectivity index (χ1n) is 9.81. The molecule has 0 saturated carbocycles. The number of pyridine rings is 1. The number of methoxy groups -OCH3 is 1. The van der Waals surface area contributed by atoms with Gasteiger partial charge in [-0.3, -0.25) is 4.79 Å². The van der Waals surface area contributed by atoms with Gasteiger partial charge < -0.3 is 14.5 Å². The standard InChI is InChI=1S/C20H24N4O5S/c1-13-18-15(20(25)21-7-4-8-28-2)11-16(17-5-3-9-29-17)22-19(18)24(23-13)14-6-10-30(26,27)12-14/h3,5,9,11,14H,4,6-8,10,12H2,1-2H3,(H,21,25)/t14-/m0/s1. The van der Waals surface area contributed by atoms with Crippen molar-refractivity contribution < 1.29 is 22.4 Å². The normalized spacial score (nSPS) is 18.1. The molecule has 10 heteroatoms. The molecular weight excluding hydrogens is 408 g/mol. The Morgan fingerprint density at radius 1 is 1.43 bits per heavy atom. The maximum Gasteiger partial charge on any atom is 0.252 e. The fraction of sp³-hybridized carbons (Fsp3) is 0.450. The highest BCUT2D eigenvalue weighted by atomic mass is 32.2. The zero-order valence-electron chi connectivity index (χ0n) is 16.9. The van der Waals surface area contributed by atoms with E-state index in [4.69, 9.17) is 14.1 Å². The predicted molar refractivity (Wildman–Crippen MR) is 111 cm³/mol. The molecule has 0 unspecified atom stereocenters. The molecule has 1 fully saturated rings. The first kappa shape index (κ1) is 20.5. The van der Waals surface area contributed by atoms with Crippen molar-refractivity contribution in [2.45, 2.75) is 25.8 Å². The van der Waals surface area contributed by atoms with Crippen LogP contribution in [0, 0.1) is 6.92 Å². The van der Waals surface area contributed by atoms with Crippen LogP contribution in [-0.2, 0) is 14.6 Å². The molecule has 0 bridgehead atoms. The smallest absolute Gasteiger partial charge is 0.252 e. The first-order chi connectivity index (χ1) is 14.4. The van der Waals surface area contributed by atoms with Crippen molar-refractivity contribution in [3.05, 3.63) is 35.7 Å². The van der Waals surface area contributed by atoms with Crippen LogP contribution in [0.5, 0.6) is 0 Å². The Balaban J connectivity index is 1.80. The summed E-state index contributed by atoms with van der Waals surface area (Å²) in [5.41, 5.74) is 2.06. The maximum absolute atomic E-state index is 13.0. The fourth-order valence-electron chi connectivity index (χ4n) is 3.78. The molecule has 0 aromatic carbocycles. The van der Waals surface area contributed by atoms with Crippen LogP contribution in [0.4, 0.5) is 0 Å². The summed E-state index contributed by atoms with van der Waals surface area (Å²) in [5.74, 6) is 0.430. The van der Waals surface area contributed by atoms with E-state index in [1.54, 1.807) is 36.9 Å². The number of aromatic nitrogens is 3. The first-order valence-corrected chi connectivity index (χ1v) is 11.6. The van der Waals surface area contributed by atoms with Gasteiger partial charge in [-0.15, -0.1) is 0 Å². The van der Waals surface area contributed by atoms with Gasteiger partial charge in [0.1, 0.15) is 5.69 Å². The van der Waals surface area contributed by atoms with Gasteiger partial charge in [0.05, 0.1) is 40.5 Å². The summed E-state index contributed by atoms with van der Waals surface area (Å²) < 4.78 is 36.2. The fourth-order valence-corrected chi connectivity index (χ4v) is 5.47. The Morgan fingerprint density at radius 3 is 2.93 bits per heavy atom. The van der Waals surface area contributed by atoms with Gasteiger partial charge >= 0.3 is 0 Å². The number of amides is 1. The van der Waals surface area contributed by atoms with E-state index >= 15 is 0 Å². The van der Waals surface area contributed by atoms with Crippen LogP contribution in [0.1, 0.15) is 34.9 Å². The van der Waals surface area contributed by atoms with E-state index in [1.807, 2.05) is 0 Å². The lowest BCUT2D eigenvalue weighted by Gasteiger charge is -2.11. The van der Waals surface area contributed by atoms with E-state index in [9.17, 15) is 13.2 Å². The molecule has 4 heterocycles. The Kier molecular flexibility index (Phi) is 5.61. The van der Waals surface area contributed by atoms with E-state index in [-0.39, 0.29) is 23.5 Å². The lowest BCUT2D eigenvalue weighted by Crippen LogP contribution is -2.25. The van der Waals surface area contributed by atoms with Gasteiger partial charge in [-0.25, -0.2) is 18.1 Å².